The third kappa shape index (κ3) is 1.48. The fraction of sp³-hybridized carbons (Fsp3) is 0.300. The lowest BCUT2D eigenvalue weighted by Gasteiger charge is -2.06. The predicted octanol–water partition coefficient (Wildman–Crippen LogP) is 2.60. The van der Waals surface area contributed by atoms with E-state index in [0.717, 1.165) is 22.5 Å². The molecule has 0 fully saturated rings. The second-order valence-corrected chi connectivity index (χ2v) is 4.12. The molecule has 1 aromatic rings. The molecular weight excluding hydrogens is 187 g/mol. The van der Waals surface area contributed by atoms with E-state index < -0.39 is 0 Å². The van der Waals surface area contributed by atoms with Crippen molar-refractivity contribution in [2.24, 2.45) is 0 Å². The third-order valence-corrected chi connectivity index (χ3v) is 3.48. The molecule has 0 saturated heterocycles. The number of carbonyl (C=O) groups excluding carboxylic acids is 1. The van der Waals surface area contributed by atoms with Gasteiger partial charge in [-0.1, -0.05) is 6.07 Å². The number of hydrogen-bond acceptors (Lipinski definition) is 2. The Morgan fingerprint density at radius 3 is 3.23 bits per heavy atom. The molecule has 0 saturated carbocycles. The Labute approximate surface area is 80.3 Å². The average molecular weight is 196 g/mol. The molecule has 2 rings (SSSR count). The van der Waals surface area contributed by atoms with Crippen LogP contribution in [0.25, 0.3) is 0 Å². The molecule has 0 bridgehead atoms. The van der Waals surface area contributed by atoms with Crippen LogP contribution in [-0.4, -0.2) is 12.0 Å². The Morgan fingerprint density at radius 1 is 1.62 bits per heavy atom. The van der Waals surface area contributed by atoms with Gasteiger partial charge in [-0.2, -0.15) is 0 Å². The SMILES string of the molecule is O=CCC1CSc2cccc(F)c21. The molecule has 3 heteroatoms. The molecule has 68 valence electrons. The quantitative estimate of drug-likeness (QED) is 0.676. The van der Waals surface area contributed by atoms with Gasteiger partial charge in [-0.25, -0.2) is 4.39 Å². The van der Waals surface area contributed by atoms with Crippen LogP contribution in [0.5, 0.6) is 0 Å². The molecule has 0 spiro atoms. The predicted molar refractivity (Wildman–Crippen MR) is 50.5 cm³/mol. The third-order valence-electron chi connectivity index (χ3n) is 2.24. The van der Waals surface area contributed by atoms with E-state index in [9.17, 15) is 9.18 Å². The molecule has 0 radical (unpaired) electrons. The highest BCUT2D eigenvalue weighted by atomic mass is 32.2. The first-order valence-electron chi connectivity index (χ1n) is 4.17. The van der Waals surface area contributed by atoms with Crippen LogP contribution >= 0.6 is 11.8 Å². The number of benzene rings is 1. The lowest BCUT2D eigenvalue weighted by atomic mass is 9.98. The minimum absolute atomic E-state index is 0.0821. The fourth-order valence-corrected chi connectivity index (χ4v) is 2.89. The minimum atomic E-state index is -0.172. The molecule has 0 amide bonds. The van der Waals surface area contributed by atoms with Gasteiger partial charge in [0.25, 0.3) is 0 Å². The molecule has 1 heterocycles. The van der Waals surface area contributed by atoms with Crippen molar-refractivity contribution in [2.75, 3.05) is 5.75 Å². The molecule has 0 aromatic heterocycles. The molecule has 0 N–H and O–H groups in total. The number of hydrogen-bond donors (Lipinski definition) is 0. The summed E-state index contributed by atoms with van der Waals surface area (Å²) in [5.41, 5.74) is 0.736. The van der Waals surface area contributed by atoms with Crippen molar-refractivity contribution in [1.29, 1.82) is 0 Å². The Hall–Kier alpha value is -0.830. The monoisotopic (exact) mass is 196 g/mol. The smallest absolute Gasteiger partial charge is 0.127 e. The summed E-state index contributed by atoms with van der Waals surface area (Å²) in [4.78, 5) is 11.3. The van der Waals surface area contributed by atoms with Crippen molar-refractivity contribution in [1.82, 2.24) is 0 Å². The van der Waals surface area contributed by atoms with Crippen LogP contribution in [0.2, 0.25) is 0 Å². The number of thioether (sulfide) groups is 1. The average Bonchev–Trinajstić information content (AvgIpc) is 2.51. The molecule has 0 aliphatic carbocycles. The molecule has 1 atom stereocenters. The molecule has 1 nitrogen and oxygen atoms in total. The molecule has 1 aliphatic rings. The van der Waals surface area contributed by atoms with Crippen molar-refractivity contribution in [3.63, 3.8) is 0 Å². The van der Waals surface area contributed by atoms with Crippen molar-refractivity contribution < 1.29 is 9.18 Å². The first-order valence-corrected chi connectivity index (χ1v) is 5.16. The molecule has 13 heavy (non-hydrogen) atoms. The largest absolute Gasteiger partial charge is 0.303 e. The van der Waals surface area contributed by atoms with Gasteiger partial charge in [0.05, 0.1) is 0 Å². The summed E-state index contributed by atoms with van der Waals surface area (Å²) >= 11 is 1.63. The maximum atomic E-state index is 13.3. The zero-order chi connectivity index (χ0) is 9.26. The van der Waals surface area contributed by atoms with Gasteiger partial charge < -0.3 is 4.79 Å². The van der Waals surface area contributed by atoms with Crippen LogP contribution in [0.4, 0.5) is 4.39 Å². The zero-order valence-electron chi connectivity index (χ0n) is 7.00. The summed E-state index contributed by atoms with van der Waals surface area (Å²) in [6.45, 7) is 0. The number of rotatable bonds is 2. The van der Waals surface area contributed by atoms with Gasteiger partial charge in [0, 0.05) is 28.6 Å². The molecule has 1 aliphatic heterocycles. The van der Waals surface area contributed by atoms with Crippen LogP contribution in [-0.2, 0) is 4.79 Å². The van der Waals surface area contributed by atoms with Crippen LogP contribution < -0.4 is 0 Å². The van der Waals surface area contributed by atoms with Crippen molar-refractivity contribution in [3.05, 3.63) is 29.6 Å². The standard InChI is InChI=1S/C10H9FOS/c11-8-2-1-3-9-10(8)7(4-5-12)6-13-9/h1-3,5,7H,4,6H2. The van der Waals surface area contributed by atoms with Crippen LogP contribution in [0.3, 0.4) is 0 Å². The Balaban J connectivity index is 2.39. The number of fused-ring (bicyclic) bond motifs is 1. The first kappa shape index (κ1) is 8.75. The van der Waals surface area contributed by atoms with E-state index in [1.165, 1.54) is 6.07 Å². The zero-order valence-corrected chi connectivity index (χ0v) is 7.81. The summed E-state index contributed by atoms with van der Waals surface area (Å²) < 4.78 is 13.3. The normalized spacial score (nSPS) is 19.9. The molecular formula is C10H9FOS. The van der Waals surface area contributed by atoms with Gasteiger partial charge in [0.15, 0.2) is 0 Å². The summed E-state index contributed by atoms with van der Waals surface area (Å²) in [5, 5.41) is 0. The van der Waals surface area contributed by atoms with Crippen molar-refractivity contribution >= 4 is 18.0 Å². The van der Waals surface area contributed by atoms with Crippen LogP contribution in [0, 0.1) is 5.82 Å². The van der Waals surface area contributed by atoms with E-state index in [4.69, 9.17) is 0 Å². The Bertz CT molecular complexity index is 338. The van der Waals surface area contributed by atoms with E-state index in [1.54, 1.807) is 17.8 Å². The summed E-state index contributed by atoms with van der Waals surface area (Å²) in [5.74, 6) is 0.739. The lowest BCUT2D eigenvalue weighted by molar-refractivity contribution is -0.108. The van der Waals surface area contributed by atoms with E-state index in [2.05, 4.69) is 0 Å². The Kier molecular flexibility index (Phi) is 2.36. The highest BCUT2D eigenvalue weighted by molar-refractivity contribution is 7.99. The van der Waals surface area contributed by atoms with Gasteiger partial charge >= 0.3 is 0 Å². The van der Waals surface area contributed by atoms with Crippen LogP contribution in [0.1, 0.15) is 17.9 Å². The van der Waals surface area contributed by atoms with E-state index in [0.29, 0.717) is 6.42 Å². The van der Waals surface area contributed by atoms with Crippen molar-refractivity contribution in [2.45, 2.75) is 17.2 Å². The summed E-state index contributed by atoms with van der Waals surface area (Å²) in [6.07, 6.45) is 1.30. The number of halogens is 1. The van der Waals surface area contributed by atoms with E-state index >= 15 is 0 Å². The van der Waals surface area contributed by atoms with Gasteiger partial charge in [0.2, 0.25) is 0 Å². The van der Waals surface area contributed by atoms with Gasteiger partial charge in [-0.3, -0.25) is 0 Å². The van der Waals surface area contributed by atoms with Gasteiger partial charge in [0.1, 0.15) is 12.1 Å². The molecule has 1 aromatic carbocycles. The number of aldehydes is 1. The molecule has 1 unspecified atom stereocenters. The van der Waals surface area contributed by atoms with Crippen molar-refractivity contribution in [3.8, 4) is 0 Å². The van der Waals surface area contributed by atoms with E-state index in [-0.39, 0.29) is 11.7 Å². The van der Waals surface area contributed by atoms with Gasteiger partial charge in [-0.15, -0.1) is 11.8 Å². The van der Waals surface area contributed by atoms with Crippen LogP contribution in [0.15, 0.2) is 23.1 Å². The minimum Gasteiger partial charge on any atom is -0.303 e. The lowest BCUT2D eigenvalue weighted by Crippen LogP contribution is -2.00. The summed E-state index contributed by atoms with van der Waals surface area (Å²) in [6, 6.07) is 5.08. The second-order valence-electron chi connectivity index (χ2n) is 3.06. The van der Waals surface area contributed by atoms with Gasteiger partial charge in [-0.05, 0) is 12.1 Å². The number of carbonyl (C=O) groups is 1. The topological polar surface area (TPSA) is 17.1 Å². The highest BCUT2D eigenvalue weighted by Gasteiger charge is 2.25. The second kappa shape index (κ2) is 3.50. The summed E-state index contributed by atoms with van der Waals surface area (Å²) in [7, 11) is 0. The fourth-order valence-electron chi connectivity index (χ4n) is 1.62. The Morgan fingerprint density at radius 2 is 2.46 bits per heavy atom. The maximum Gasteiger partial charge on any atom is 0.127 e. The van der Waals surface area contributed by atoms with E-state index in [1.807, 2.05) is 6.07 Å². The highest BCUT2D eigenvalue weighted by Crippen LogP contribution is 2.41. The first-order chi connectivity index (χ1) is 6.33. The maximum absolute atomic E-state index is 13.3.